The van der Waals surface area contributed by atoms with Crippen molar-refractivity contribution in [2.75, 3.05) is 0 Å². The quantitative estimate of drug-likeness (QED) is 0.474. The van der Waals surface area contributed by atoms with Crippen LogP contribution in [0.1, 0.15) is 76.8 Å². The van der Waals surface area contributed by atoms with Crippen molar-refractivity contribution in [2.24, 2.45) is 0 Å². The molecule has 0 saturated heterocycles. The van der Waals surface area contributed by atoms with Crippen LogP contribution in [0.15, 0.2) is 12.1 Å². The van der Waals surface area contributed by atoms with E-state index in [1.807, 2.05) is 6.92 Å². The SMILES string of the molecule is Cc1cc(C(C)(C)C)cc2c1OC(=O)C2c1c(C)c(C)c(C)c(C)c1C. The fourth-order valence-corrected chi connectivity index (χ4v) is 4.11. The molecule has 0 amide bonds. The lowest BCUT2D eigenvalue weighted by molar-refractivity contribution is -0.133. The van der Waals surface area contributed by atoms with Gasteiger partial charge in [0.25, 0.3) is 0 Å². The molecule has 138 valence electrons. The zero-order chi connectivity index (χ0) is 19.5. The molecule has 0 N–H and O–H groups in total. The predicted molar refractivity (Wildman–Crippen MR) is 107 cm³/mol. The molecule has 1 unspecified atom stereocenters. The Bertz CT molecular complexity index is 897. The van der Waals surface area contributed by atoms with Crippen molar-refractivity contribution in [3.63, 3.8) is 0 Å². The highest BCUT2D eigenvalue weighted by Crippen LogP contribution is 2.46. The molecule has 0 aromatic heterocycles. The molecule has 0 aliphatic carbocycles. The summed E-state index contributed by atoms with van der Waals surface area (Å²) in [6.45, 7) is 19.4. The summed E-state index contributed by atoms with van der Waals surface area (Å²) < 4.78 is 5.75. The molecule has 2 heteroatoms. The van der Waals surface area contributed by atoms with Crippen molar-refractivity contribution in [1.82, 2.24) is 0 Å². The minimum atomic E-state index is -0.330. The van der Waals surface area contributed by atoms with Gasteiger partial charge in [0, 0.05) is 5.56 Å². The summed E-state index contributed by atoms with van der Waals surface area (Å²) in [4.78, 5) is 12.9. The molecule has 1 heterocycles. The number of carbonyl (C=O) groups excluding carboxylic acids is 1. The van der Waals surface area contributed by atoms with Crippen molar-refractivity contribution < 1.29 is 9.53 Å². The summed E-state index contributed by atoms with van der Waals surface area (Å²) in [5.74, 6) is 0.273. The van der Waals surface area contributed by atoms with Gasteiger partial charge >= 0.3 is 5.97 Å². The Morgan fingerprint density at radius 2 is 1.31 bits per heavy atom. The molecule has 1 atom stereocenters. The number of benzene rings is 2. The van der Waals surface area contributed by atoms with Crippen LogP contribution in [0.4, 0.5) is 0 Å². The van der Waals surface area contributed by atoms with Crippen LogP contribution in [0.5, 0.6) is 5.75 Å². The van der Waals surface area contributed by atoms with E-state index in [2.05, 4.69) is 67.5 Å². The number of hydrogen-bond donors (Lipinski definition) is 0. The largest absolute Gasteiger partial charge is 0.425 e. The maximum absolute atomic E-state index is 12.9. The maximum Gasteiger partial charge on any atom is 0.323 e. The average Bonchev–Trinajstić information content (AvgIpc) is 2.88. The number of fused-ring (bicyclic) bond motifs is 1. The van der Waals surface area contributed by atoms with Crippen LogP contribution in [-0.4, -0.2) is 5.97 Å². The number of esters is 1. The van der Waals surface area contributed by atoms with Crippen LogP contribution >= 0.6 is 0 Å². The van der Waals surface area contributed by atoms with Gasteiger partial charge in [0.1, 0.15) is 11.7 Å². The van der Waals surface area contributed by atoms with Crippen LogP contribution < -0.4 is 4.74 Å². The standard InChI is InChI=1S/C24H30O2/c1-12-10-18(24(7,8)9)11-19-21(23(25)26-22(12)19)20-16(5)14(3)13(2)15(4)17(20)6/h10-11,21H,1-9H3. The fraction of sp³-hybridized carbons (Fsp3) is 0.458. The van der Waals surface area contributed by atoms with E-state index in [1.54, 1.807) is 0 Å². The van der Waals surface area contributed by atoms with E-state index in [1.165, 1.54) is 33.4 Å². The Morgan fingerprint density at radius 3 is 1.81 bits per heavy atom. The maximum atomic E-state index is 12.9. The molecule has 0 radical (unpaired) electrons. The third-order valence-corrected chi connectivity index (χ3v) is 6.27. The summed E-state index contributed by atoms with van der Waals surface area (Å²) in [7, 11) is 0. The van der Waals surface area contributed by atoms with Gasteiger partial charge in [0.2, 0.25) is 0 Å². The van der Waals surface area contributed by atoms with Gasteiger partial charge in [-0.15, -0.1) is 0 Å². The van der Waals surface area contributed by atoms with Gasteiger partial charge in [-0.25, -0.2) is 0 Å². The van der Waals surface area contributed by atoms with Crippen molar-refractivity contribution in [2.45, 2.75) is 73.6 Å². The van der Waals surface area contributed by atoms with Crippen LogP contribution in [0.3, 0.4) is 0 Å². The molecule has 3 rings (SSSR count). The second kappa shape index (κ2) is 5.97. The molecular weight excluding hydrogens is 320 g/mol. The van der Waals surface area contributed by atoms with Gasteiger partial charge in [-0.1, -0.05) is 32.9 Å². The number of hydrogen-bond acceptors (Lipinski definition) is 2. The Morgan fingerprint density at radius 1 is 0.808 bits per heavy atom. The van der Waals surface area contributed by atoms with E-state index in [4.69, 9.17) is 4.74 Å². The van der Waals surface area contributed by atoms with Crippen LogP contribution in [0, 0.1) is 41.5 Å². The van der Waals surface area contributed by atoms with E-state index in [0.29, 0.717) is 0 Å². The first-order chi connectivity index (χ1) is 11.9. The Kier molecular flexibility index (Phi) is 4.29. The molecule has 0 spiro atoms. The molecule has 1 aliphatic rings. The summed E-state index contributed by atoms with van der Waals surface area (Å²) >= 11 is 0. The van der Waals surface area contributed by atoms with E-state index in [0.717, 1.165) is 22.4 Å². The third-order valence-electron chi connectivity index (χ3n) is 6.27. The number of carbonyl (C=O) groups is 1. The zero-order valence-electron chi connectivity index (χ0n) is 17.5. The van der Waals surface area contributed by atoms with E-state index in [9.17, 15) is 4.79 Å². The molecule has 2 aromatic carbocycles. The van der Waals surface area contributed by atoms with Crippen molar-refractivity contribution >= 4 is 5.97 Å². The van der Waals surface area contributed by atoms with Crippen molar-refractivity contribution in [3.05, 3.63) is 62.2 Å². The first kappa shape index (κ1) is 18.7. The lowest BCUT2D eigenvalue weighted by Crippen LogP contribution is -2.17. The highest BCUT2D eigenvalue weighted by molar-refractivity contribution is 5.91. The number of ether oxygens (including phenoxy) is 1. The topological polar surface area (TPSA) is 26.3 Å². The van der Waals surface area contributed by atoms with Crippen molar-refractivity contribution in [3.8, 4) is 5.75 Å². The summed E-state index contributed by atoms with van der Waals surface area (Å²) in [5, 5.41) is 0. The van der Waals surface area contributed by atoms with Gasteiger partial charge in [0.15, 0.2) is 0 Å². The lowest BCUT2D eigenvalue weighted by atomic mass is 9.78. The monoisotopic (exact) mass is 350 g/mol. The Labute approximate surface area is 157 Å². The zero-order valence-corrected chi connectivity index (χ0v) is 17.5. The molecular formula is C24H30O2. The molecule has 0 fully saturated rings. The van der Waals surface area contributed by atoms with Crippen LogP contribution in [-0.2, 0) is 10.2 Å². The molecule has 26 heavy (non-hydrogen) atoms. The molecule has 2 nitrogen and oxygen atoms in total. The molecule has 1 aliphatic heterocycles. The molecule has 0 bridgehead atoms. The van der Waals surface area contributed by atoms with E-state index < -0.39 is 0 Å². The second-order valence-electron chi connectivity index (χ2n) is 8.85. The van der Waals surface area contributed by atoms with Crippen LogP contribution in [0.25, 0.3) is 0 Å². The summed E-state index contributed by atoms with van der Waals surface area (Å²) in [6.07, 6.45) is 0. The number of rotatable bonds is 1. The first-order valence-corrected chi connectivity index (χ1v) is 9.38. The molecule has 2 aromatic rings. The van der Waals surface area contributed by atoms with E-state index in [-0.39, 0.29) is 17.3 Å². The molecule has 0 saturated carbocycles. The second-order valence-corrected chi connectivity index (χ2v) is 8.85. The van der Waals surface area contributed by atoms with Gasteiger partial charge < -0.3 is 4.74 Å². The summed E-state index contributed by atoms with van der Waals surface area (Å²) in [5.41, 5.74) is 10.7. The fourth-order valence-electron chi connectivity index (χ4n) is 4.11. The third kappa shape index (κ3) is 2.67. The minimum Gasteiger partial charge on any atom is -0.425 e. The van der Waals surface area contributed by atoms with Gasteiger partial charge in [0.05, 0.1) is 0 Å². The minimum absolute atomic E-state index is 0.0270. The van der Waals surface area contributed by atoms with E-state index >= 15 is 0 Å². The first-order valence-electron chi connectivity index (χ1n) is 9.38. The van der Waals surface area contributed by atoms with Gasteiger partial charge in [-0.2, -0.15) is 0 Å². The number of aryl methyl sites for hydroxylation is 1. The Balaban J connectivity index is 2.32. The predicted octanol–water partition coefficient (Wildman–Crippen LogP) is 5.89. The highest BCUT2D eigenvalue weighted by atomic mass is 16.5. The van der Waals surface area contributed by atoms with Crippen LogP contribution in [0.2, 0.25) is 0 Å². The summed E-state index contributed by atoms with van der Waals surface area (Å²) in [6, 6.07) is 4.33. The smallest absolute Gasteiger partial charge is 0.323 e. The average molecular weight is 351 g/mol. The highest BCUT2D eigenvalue weighted by Gasteiger charge is 2.39. The van der Waals surface area contributed by atoms with Gasteiger partial charge in [-0.05, 0) is 91.5 Å². The van der Waals surface area contributed by atoms with Gasteiger partial charge in [-0.3, -0.25) is 4.79 Å². The van der Waals surface area contributed by atoms with Crippen molar-refractivity contribution in [1.29, 1.82) is 0 Å². The normalized spacial score (nSPS) is 16.7. The Hall–Kier alpha value is -2.09. The lowest BCUT2D eigenvalue weighted by Gasteiger charge is -2.24.